The van der Waals surface area contributed by atoms with E-state index in [0.29, 0.717) is 65.6 Å². The van der Waals surface area contributed by atoms with E-state index >= 15 is 4.39 Å². The molecule has 6 aromatic heterocycles. The minimum absolute atomic E-state index is 0.0479. The molecule has 68 heavy (non-hydrogen) atoms. The Bertz CT molecular complexity index is 3220. The van der Waals surface area contributed by atoms with Crippen LogP contribution in [0.3, 0.4) is 0 Å². The zero-order valence-corrected chi connectivity index (χ0v) is 39.7. The molecular weight excluding hydrogens is 941 g/mol. The first-order valence-electron chi connectivity index (χ1n) is 21.6. The van der Waals surface area contributed by atoms with E-state index in [1.807, 2.05) is 48.8 Å². The minimum Gasteiger partial charge on any atom is -0.461 e. The predicted molar refractivity (Wildman–Crippen MR) is 261 cm³/mol. The molecule has 0 spiro atoms. The van der Waals surface area contributed by atoms with Gasteiger partial charge in [0.1, 0.15) is 35.4 Å². The van der Waals surface area contributed by atoms with Gasteiger partial charge in [0, 0.05) is 86.8 Å². The van der Waals surface area contributed by atoms with E-state index in [4.69, 9.17) is 4.74 Å². The number of ether oxygens (including phenoxy) is 1. The number of halogens is 2. The van der Waals surface area contributed by atoms with Crippen LogP contribution >= 0.6 is 15.9 Å². The molecule has 8 heterocycles. The molecule has 7 aromatic rings. The average molecular weight is 991 g/mol. The van der Waals surface area contributed by atoms with E-state index in [-0.39, 0.29) is 52.2 Å². The Labute approximate surface area is 397 Å². The molecule has 20 heteroatoms. The van der Waals surface area contributed by atoms with Crippen LogP contribution in [0.15, 0.2) is 111 Å². The molecule has 0 radical (unpaired) electrons. The Morgan fingerprint density at radius 3 is 1.90 bits per heavy atom. The van der Waals surface area contributed by atoms with E-state index in [1.165, 1.54) is 34.5 Å². The number of aryl methyl sites for hydroxylation is 2. The molecule has 0 bridgehead atoms. The van der Waals surface area contributed by atoms with E-state index in [9.17, 15) is 29.4 Å². The maximum Gasteiger partial charge on any atom is 0.302 e. The highest BCUT2D eigenvalue weighted by Gasteiger charge is 2.26. The maximum atomic E-state index is 15.4. The highest BCUT2D eigenvalue weighted by molar-refractivity contribution is 9.10. The SMILES string of the molecule is CC(=O)OCc1c(-c2cc(Nc3ccc(N4CC(O)C4)cn3)c(=O)n(C)c2)ccnc1-n1ncc2cc(C(C)(C)C)cc(F)c2c1=O.Cn1cc(Br)cc(Nc2ccc(N3CC(O)C3)cn2)c1=O. The van der Waals surface area contributed by atoms with Crippen molar-refractivity contribution < 1.29 is 24.1 Å². The number of nitrogens with one attached hydrogen (secondary N) is 2. The molecule has 2 aliphatic rings. The lowest BCUT2D eigenvalue weighted by Gasteiger charge is -2.37. The lowest BCUT2D eigenvalue weighted by molar-refractivity contribution is -0.142. The third-order valence-corrected chi connectivity index (χ3v) is 11.9. The summed E-state index contributed by atoms with van der Waals surface area (Å²) in [6, 6.07) is 15.5. The summed E-state index contributed by atoms with van der Waals surface area (Å²) in [7, 11) is 3.30. The second-order valence-electron chi connectivity index (χ2n) is 17.7. The van der Waals surface area contributed by atoms with Gasteiger partial charge < -0.3 is 44.5 Å². The third-order valence-electron chi connectivity index (χ3n) is 11.5. The van der Waals surface area contributed by atoms with Gasteiger partial charge in [-0.2, -0.15) is 9.78 Å². The van der Waals surface area contributed by atoms with Crippen molar-refractivity contribution in [3.63, 3.8) is 0 Å². The number of carbonyl (C=O) groups is 1. The fraction of sp³-hybridized carbons (Fsp3) is 0.292. The van der Waals surface area contributed by atoms with Crippen molar-refractivity contribution in [3.05, 3.63) is 144 Å². The number of hydrogen-bond acceptors (Lipinski definition) is 15. The third kappa shape index (κ3) is 10.2. The Balaban J connectivity index is 0.000000247. The average Bonchev–Trinajstić information content (AvgIpc) is 3.27. The van der Waals surface area contributed by atoms with Crippen LogP contribution in [0.25, 0.3) is 27.7 Å². The molecule has 0 amide bonds. The molecule has 2 saturated heterocycles. The predicted octanol–water partition coefficient (Wildman–Crippen LogP) is 5.43. The smallest absolute Gasteiger partial charge is 0.302 e. The molecule has 352 valence electrons. The molecule has 0 unspecified atom stereocenters. The molecule has 2 fully saturated rings. The number of aromatic nitrogens is 7. The van der Waals surface area contributed by atoms with Crippen LogP contribution in [0.5, 0.6) is 0 Å². The fourth-order valence-electron chi connectivity index (χ4n) is 7.68. The zero-order valence-electron chi connectivity index (χ0n) is 38.1. The van der Waals surface area contributed by atoms with Crippen LogP contribution in [0, 0.1) is 5.82 Å². The molecular formula is C48H49BrFN11O7. The standard InChI is InChI=1S/C34H34FN7O5.C14H15BrN4O2/c1-19(43)47-18-26-25(8-9-36-31(26)42-33(46)30-20(13-38-42)10-22(12-27(30)35)34(2,3)4)21-11-28(32(45)40(5)15-21)39-29-7-6-23(14-37-29)41-16-24(44)17-41;1-18-6-9(15)4-12(14(18)21)17-13-3-2-10(5-16-13)19-7-11(20)8-19/h6-15,24,44H,16-18H2,1-5H3,(H,37,39);2-6,11,20H,7-8H2,1H3,(H,16,17). The summed E-state index contributed by atoms with van der Waals surface area (Å²) in [6.45, 7) is 9.19. The molecule has 0 saturated carbocycles. The van der Waals surface area contributed by atoms with E-state index in [2.05, 4.69) is 46.6 Å². The molecule has 2 aliphatic heterocycles. The van der Waals surface area contributed by atoms with Gasteiger partial charge >= 0.3 is 5.97 Å². The van der Waals surface area contributed by atoms with Crippen molar-refractivity contribution in [1.82, 2.24) is 33.9 Å². The van der Waals surface area contributed by atoms with E-state index in [0.717, 1.165) is 26.1 Å². The number of anilines is 6. The number of fused-ring (bicyclic) bond motifs is 1. The van der Waals surface area contributed by atoms with Crippen LogP contribution in [0.4, 0.5) is 38.8 Å². The van der Waals surface area contributed by atoms with E-state index in [1.54, 1.807) is 69.2 Å². The van der Waals surface area contributed by atoms with Crippen molar-refractivity contribution in [2.24, 2.45) is 14.1 Å². The molecule has 9 rings (SSSR count). The Morgan fingerprint density at radius 1 is 0.794 bits per heavy atom. The van der Waals surface area contributed by atoms with Crippen molar-refractivity contribution in [2.75, 3.05) is 46.6 Å². The topological polar surface area (TPSA) is 215 Å². The molecule has 18 nitrogen and oxygen atoms in total. The maximum absolute atomic E-state index is 15.4. The monoisotopic (exact) mass is 989 g/mol. The van der Waals surface area contributed by atoms with Gasteiger partial charge in [0.05, 0.1) is 47.6 Å². The van der Waals surface area contributed by atoms with Crippen LogP contribution in [-0.4, -0.2) is 88.4 Å². The summed E-state index contributed by atoms with van der Waals surface area (Å²) in [5, 5.41) is 29.5. The number of rotatable bonds is 10. The van der Waals surface area contributed by atoms with Gasteiger partial charge in [-0.05, 0) is 87.1 Å². The van der Waals surface area contributed by atoms with Crippen LogP contribution in [0.1, 0.15) is 38.8 Å². The number of pyridine rings is 5. The number of benzene rings is 1. The van der Waals surface area contributed by atoms with Crippen LogP contribution in [-0.2, 0) is 35.6 Å². The first kappa shape index (κ1) is 47.2. The summed E-state index contributed by atoms with van der Waals surface area (Å²) >= 11 is 3.36. The number of nitrogens with zero attached hydrogens (tertiary/aromatic N) is 9. The van der Waals surface area contributed by atoms with Gasteiger partial charge in [0.2, 0.25) is 0 Å². The van der Waals surface area contributed by atoms with Gasteiger partial charge in [-0.3, -0.25) is 19.2 Å². The second-order valence-corrected chi connectivity index (χ2v) is 18.6. The summed E-state index contributed by atoms with van der Waals surface area (Å²) in [4.78, 5) is 68.0. The van der Waals surface area contributed by atoms with Gasteiger partial charge in [0.25, 0.3) is 16.7 Å². The largest absolute Gasteiger partial charge is 0.461 e. The number of carbonyl (C=O) groups excluding carboxylic acids is 1. The van der Waals surface area contributed by atoms with Gasteiger partial charge in [0.15, 0.2) is 5.82 Å². The molecule has 1 aromatic carbocycles. The number of esters is 1. The number of hydrogen-bond donors (Lipinski definition) is 4. The number of β-amino-alcohol motifs (C(OH)–C–C–N with tert-alkyl or cyclic N) is 2. The summed E-state index contributed by atoms with van der Waals surface area (Å²) < 4.78 is 25.5. The lowest BCUT2D eigenvalue weighted by atomic mass is 9.86. The first-order valence-corrected chi connectivity index (χ1v) is 22.4. The molecule has 4 N–H and O–H groups in total. The first-order chi connectivity index (χ1) is 32.3. The van der Waals surface area contributed by atoms with E-state index < -0.39 is 17.3 Å². The van der Waals surface area contributed by atoms with Crippen LogP contribution < -0.4 is 37.1 Å². The summed E-state index contributed by atoms with van der Waals surface area (Å²) in [6.07, 6.45) is 9.00. The van der Waals surface area contributed by atoms with Crippen molar-refractivity contribution in [2.45, 2.75) is 51.9 Å². The number of aliphatic hydroxyl groups excluding tert-OH is 2. The Kier molecular flexibility index (Phi) is 13.3. The molecule has 0 atom stereocenters. The Morgan fingerprint density at radius 2 is 1.37 bits per heavy atom. The highest BCUT2D eigenvalue weighted by Crippen LogP contribution is 2.31. The van der Waals surface area contributed by atoms with Gasteiger partial charge in [-0.1, -0.05) is 20.8 Å². The van der Waals surface area contributed by atoms with Crippen LogP contribution in [0.2, 0.25) is 0 Å². The van der Waals surface area contributed by atoms with Gasteiger partial charge in [-0.15, -0.1) is 0 Å². The van der Waals surface area contributed by atoms with Gasteiger partial charge in [-0.25, -0.2) is 19.3 Å². The quantitative estimate of drug-likeness (QED) is 0.126. The van der Waals surface area contributed by atoms with Crippen molar-refractivity contribution in [3.8, 4) is 16.9 Å². The molecule has 0 aliphatic carbocycles. The summed E-state index contributed by atoms with van der Waals surface area (Å²) in [5.74, 6) is -0.149. The summed E-state index contributed by atoms with van der Waals surface area (Å²) in [5.41, 5.74) is 3.10. The number of aliphatic hydroxyl groups is 2. The second kappa shape index (κ2) is 19.1. The highest BCUT2D eigenvalue weighted by atomic mass is 79.9. The normalized spacial score (nSPS) is 13.9. The van der Waals surface area contributed by atoms with Crippen molar-refractivity contribution >= 4 is 67.1 Å². The fourth-order valence-corrected chi connectivity index (χ4v) is 8.22. The van der Waals surface area contributed by atoms with Crippen molar-refractivity contribution in [1.29, 1.82) is 0 Å². The Hall–Kier alpha value is -7.29. The zero-order chi connectivity index (χ0) is 48.6. The lowest BCUT2D eigenvalue weighted by Crippen LogP contribution is -2.50. The minimum atomic E-state index is -0.723.